The van der Waals surface area contributed by atoms with E-state index in [0.717, 1.165) is 42.7 Å². The zero-order chi connectivity index (χ0) is 30.3. The molecule has 8 rings (SSSR count). The van der Waals surface area contributed by atoms with Crippen LogP contribution in [-0.4, -0.2) is 67.5 Å². The monoisotopic (exact) mass is 604 g/mol. The summed E-state index contributed by atoms with van der Waals surface area (Å²) in [5.74, 6) is 0.981. The Morgan fingerprint density at radius 1 is 0.911 bits per heavy atom. The van der Waals surface area contributed by atoms with Gasteiger partial charge in [-0.3, -0.25) is 9.59 Å². The van der Waals surface area contributed by atoms with Crippen LogP contribution in [0, 0.1) is 0 Å². The van der Waals surface area contributed by atoms with Gasteiger partial charge in [0.1, 0.15) is 11.1 Å². The van der Waals surface area contributed by atoms with Gasteiger partial charge in [-0.2, -0.15) is 4.98 Å². The number of nitrogens with one attached hydrogen (secondary N) is 1. The first-order valence-electron chi connectivity index (χ1n) is 15.9. The van der Waals surface area contributed by atoms with Crippen LogP contribution in [-0.2, 0) is 17.9 Å². The fraction of sp³-hybridized carbons (Fsp3) is 0.353. The molecule has 1 fully saturated rings. The van der Waals surface area contributed by atoms with Crippen LogP contribution in [0.1, 0.15) is 32.1 Å². The second-order valence-corrected chi connectivity index (χ2v) is 12.0. The molecule has 0 spiro atoms. The van der Waals surface area contributed by atoms with E-state index >= 15 is 0 Å². The van der Waals surface area contributed by atoms with Gasteiger partial charge in [-0.25, -0.2) is 14.3 Å². The number of hydrogen-bond acceptors (Lipinski definition) is 7. The summed E-state index contributed by atoms with van der Waals surface area (Å²) >= 11 is 0. The van der Waals surface area contributed by atoms with E-state index in [1.165, 1.54) is 37.9 Å². The number of rotatable bonds is 5. The number of anilines is 3. The zero-order valence-corrected chi connectivity index (χ0v) is 25.2. The number of hydrogen-bond donors (Lipinski definition) is 1. The van der Waals surface area contributed by atoms with Crippen molar-refractivity contribution in [3.8, 4) is 11.4 Å². The lowest BCUT2D eigenvalue weighted by molar-refractivity contribution is -0.121. The number of carbonyl (C=O) groups is 1. The Morgan fingerprint density at radius 3 is 2.73 bits per heavy atom. The second kappa shape index (κ2) is 11.6. The number of allylic oxidation sites excluding steroid dienone is 2. The predicted molar refractivity (Wildman–Crippen MR) is 175 cm³/mol. The van der Waals surface area contributed by atoms with Gasteiger partial charge in [-0.15, -0.1) is 0 Å². The molecule has 0 saturated carbocycles. The van der Waals surface area contributed by atoms with E-state index in [1.807, 2.05) is 35.0 Å². The summed E-state index contributed by atoms with van der Waals surface area (Å²) in [6.07, 6.45) is 13.4. The van der Waals surface area contributed by atoms with Gasteiger partial charge in [0.05, 0.1) is 17.9 Å². The van der Waals surface area contributed by atoms with Crippen molar-refractivity contribution in [2.45, 2.75) is 45.2 Å². The Kier molecular flexibility index (Phi) is 7.09. The van der Waals surface area contributed by atoms with Crippen LogP contribution < -0.4 is 20.5 Å². The molecule has 2 aromatic carbocycles. The molecule has 1 saturated heterocycles. The first-order chi connectivity index (χ1) is 22.1. The third-order valence-corrected chi connectivity index (χ3v) is 9.14. The molecule has 0 aliphatic carbocycles. The Bertz CT molecular complexity index is 2000. The molecular formula is C34H36N8O3. The highest BCUT2D eigenvalue weighted by molar-refractivity contribution is 5.98. The Labute approximate surface area is 260 Å². The quantitative estimate of drug-likeness (QED) is 0.287. The molecule has 1 amide bonds. The average molecular weight is 605 g/mol. The molecule has 0 atom stereocenters. The summed E-state index contributed by atoms with van der Waals surface area (Å²) in [5, 5.41) is 4.93. The molecule has 3 aliphatic heterocycles. The van der Waals surface area contributed by atoms with Crippen molar-refractivity contribution in [2.75, 3.05) is 43.0 Å². The highest BCUT2D eigenvalue weighted by atomic mass is 16.5. The molecule has 230 valence electrons. The van der Waals surface area contributed by atoms with Crippen LogP contribution >= 0.6 is 0 Å². The maximum Gasteiger partial charge on any atom is 0.278 e. The first-order valence-corrected chi connectivity index (χ1v) is 15.9. The van der Waals surface area contributed by atoms with Gasteiger partial charge in [0.25, 0.3) is 11.5 Å². The van der Waals surface area contributed by atoms with Gasteiger partial charge in [-0.05, 0) is 81.2 Å². The van der Waals surface area contributed by atoms with Crippen molar-refractivity contribution in [2.24, 2.45) is 0 Å². The minimum Gasteiger partial charge on any atom is -0.482 e. The molecule has 45 heavy (non-hydrogen) atoms. The second-order valence-electron chi connectivity index (χ2n) is 12.0. The highest BCUT2D eigenvalue weighted by Gasteiger charge is 2.27. The van der Waals surface area contributed by atoms with Crippen LogP contribution in [0.15, 0.2) is 71.8 Å². The summed E-state index contributed by atoms with van der Waals surface area (Å²) < 4.78 is 11.5. The molecule has 11 nitrogen and oxygen atoms in total. The minimum atomic E-state index is -0.174. The molecule has 11 heteroatoms. The van der Waals surface area contributed by atoms with Crippen LogP contribution in [0.2, 0.25) is 0 Å². The summed E-state index contributed by atoms with van der Waals surface area (Å²) in [6, 6.07) is 14.1. The molecule has 6 heterocycles. The van der Waals surface area contributed by atoms with Crippen molar-refractivity contribution in [1.29, 1.82) is 0 Å². The first kappa shape index (κ1) is 27.6. The Morgan fingerprint density at radius 2 is 1.82 bits per heavy atom. The number of amides is 1. The largest absolute Gasteiger partial charge is 0.482 e. The smallest absolute Gasteiger partial charge is 0.278 e. The zero-order valence-electron chi connectivity index (χ0n) is 25.2. The summed E-state index contributed by atoms with van der Waals surface area (Å²) in [5.41, 5.74) is 3.81. The van der Waals surface area contributed by atoms with E-state index in [1.54, 1.807) is 15.8 Å². The van der Waals surface area contributed by atoms with E-state index < -0.39 is 0 Å². The van der Waals surface area contributed by atoms with Crippen LogP contribution in [0.3, 0.4) is 0 Å². The van der Waals surface area contributed by atoms with Crippen molar-refractivity contribution in [3.63, 3.8) is 0 Å². The summed E-state index contributed by atoms with van der Waals surface area (Å²) in [6.45, 7) is 5.46. The number of carbonyl (C=O) groups excluding carboxylic acids is 1. The van der Waals surface area contributed by atoms with Crippen LogP contribution in [0.5, 0.6) is 5.75 Å². The topological polar surface area (TPSA) is 102 Å². The SMILES string of the molecule is O=C1COc2ccc3cc2N1CCCC=CCn1c(=O)c2cnc(Nc4ccc5c(ccn5CCN5CCCCC5)c4)nc2n1-3. The van der Waals surface area contributed by atoms with E-state index in [4.69, 9.17) is 9.72 Å². The Hall–Kier alpha value is -4.90. The molecule has 1 N–H and O–H groups in total. The summed E-state index contributed by atoms with van der Waals surface area (Å²) in [4.78, 5) is 40.1. The van der Waals surface area contributed by atoms with Crippen molar-refractivity contribution < 1.29 is 9.53 Å². The predicted octanol–water partition coefficient (Wildman–Crippen LogP) is 4.84. The minimum absolute atomic E-state index is 0.0245. The number of aromatic nitrogens is 5. The van der Waals surface area contributed by atoms with Gasteiger partial charge in [-0.1, -0.05) is 18.6 Å². The van der Waals surface area contributed by atoms with E-state index in [0.29, 0.717) is 41.5 Å². The molecule has 2 bridgehead atoms. The number of nitrogens with zero attached hydrogens (tertiary/aromatic N) is 7. The molecule has 3 aromatic heterocycles. The van der Waals surface area contributed by atoms with Gasteiger partial charge >= 0.3 is 0 Å². The van der Waals surface area contributed by atoms with Gasteiger partial charge in [0.15, 0.2) is 12.3 Å². The molecule has 5 aromatic rings. The summed E-state index contributed by atoms with van der Waals surface area (Å²) in [7, 11) is 0. The van der Waals surface area contributed by atoms with Gasteiger partial charge in [0.2, 0.25) is 5.95 Å². The van der Waals surface area contributed by atoms with E-state index in [2.05, 4.69) is 50.2 Å². The third-order valence-electron chi connectivity index (χ3n) is 9.14. The molecular weight excluding hydrogens is 568 g/mol. The molecule has 0 unspecified atom stereocenters. The number of fused-ring (bicyclic) bond motifs is 6. The Balaban J connectivity index is 1.13. The highest BCUT2D eigenvalue weighted by Crippen LogP contribution is 2.35. The van der Waals surface area contributed by atoms with Gasteiger partial charge in [0, 0.05) is 48.6 Å². The number of ether oxygens (including phenoxy) is 1. The van der Waals surface area contributed by atoms with Gasteiger partial charge < -0.3 is 24.4 Å². The number of likely N-dealkylation sites (tertiary alicyclic amines) is 1. The fourth-order valence-electron chi connectivity index (χ4n) is 6.78. The van der Waals surface area contributed by atoms with E-state index in [9.17, 15) is 9.59 Å². The average Bonchev–Trinajstić information content (AvgIpc) is 3.59. The molecule has 0 radical (unpaired) electrons. The van der Waals surface area contributed by atoms with E-state index in [-0.39, 0.29) is 18.1 Å². The lowest BCUT2D eigenvalue weighted by Crippen LogP contribution is -2.39. The van der Waals surface area contributed by atoms with Crippen molar-refractivity contribution in [3.05, 3.63) is 77.4 Å². The maximum absolute atomic E-state index is 13.6. The maximum atomic E-state index is 13.6. The fourth-order valence-corrected chi connectivity index (χ4v) is 6.78. The lowest BCUT2D eigenvalue weighted by atomic mass is 10.1. The third kappa shape index (κ3) is 5.16. The molecule has 3 aliphatic rings. The number of benzene rings is 2. The number of piperidine rings is 1. The van der Waals surface area contributed by atoms with Crippen LogP contribution in [0.4, 0.5) is 17.3 Å². The van der Waals surface area contributed by atoms with Crippen LogP contribution in [0.25, 0.3) is 27.6 Å². The standard InChI is InChI=1S/C34H36N8O3/c43-31-23-45-30-11-9-26-21-29(30)40(31)15-6-1-2-7-16-41-33(44)27-22-35-34(37-32(27)42(26)41)36-25-8-10-28-24(20-25)12-17-39(28)19-18-38-13-4-3-5-14-38/h2,7-12,17,20-22H,1,3-6,13-16,18-19,23H2,(H,35,36,37). The van der Waals surface area contributed by atoms with Crippen molar-refractivity contribution >= 4 is 45.2 Å². The normalized spacial score (nSPS) is 17.2. The van der Waals surface area contributed by atoms with Crippen molar-refractivity contribution in [1.82, 2.24) is 28.8 Å². The lowest BCUT2D eigenvalue weighted by Gasteiger charge is -2.30.